The van der Waals surface area contributed by atoms with Crippen molar-refractivity contribution in [3.8, 4) is 11.5 Å². The van der Waals surface area contributed by atoms with Gasteiger partial charge >= 0.3 is 0 Å². The van der Waals surface area contributed by atoms with Gasteiger partial charge < -0.3 is 9.47 Å². The molecule has 3 rings (SSSR count). The summed E-state index contributed by atoms with van der Waals surface area (Å²) in [4.78, 5) is 0.233. The Morgan fingerprint density at radius 3 is 2.65 bits per heavy atom. The van der Waals surface area contributed by atoms with Crippen LogP contribution in [0, 0.1) is 0 Å². The fourth-order valence-corrected chi connectivity index (χ4v) is 4.02. The third kappa shape index (κ3) is 3.52. The summed E-state index contributed by atoms with van der Waals surface area (Å²) in [6.07, 6.45) is 0.558. The number of benzene rings is 2. The number of sulfonamides is 1. The van der Waals surface area contributed by atoms with Crippen LogP contribution in [0.25, 0.3) is 0 Å². The molecule has 0 saturated carbocycles. The number of nitrogens with one attached hydrogen (secondary N) is 1. The molecule has 1 unspecified atom stereocenters. The smallest absolute Gasteiger partial charge is 0.240 e. The molecule has 0 bridgehead atoms. The van der Waals surface area contributed by atoms with Gasteiger partial charge in [-0.2, -0.15) is 0 Å². The molecule has 0 radical (unpaired) electrons. The van der Waals surface area contributed by atoms with E-state index >= 15 is 0 Å². The standard InChI is InChI=1S/C16H16BrNO4S/c1-21-15-4-2-3-11-9-13(10-22-16(11)15)18-23(19,20)14-7-5-12(17)6-8-14/h2-8,13,18H,9-10H2,1H3. The third-order valence-electron chi connectivity index (χ3n) is 3.62. The van der Waals surface area contributed by atoms with E-state index in [4.69, 9.17) is 9.47 Å². The Balaban J connectivity index is 1.78. The first kappa shape index (κ1) is 16.3. The fourth-order valence-electron chi connectivity index (χ4n) is 2.53. The van der Waals surface area contributed by atoms with Crippen LogP contribution in [0.1, 0.15) is 5.56 Å². The Labute approximate surface area is 143 Å². The number of halogens is 1. The van der Waals surface area contributed by atoms with E-state index in [2.05, 4.69) is 20.7 Å². The first-order valence-corrected chi connectivity index (χ1v) is 9.34. The molecule has 0 aromatic heterocycles. The zero-order valence-corrected chi connectivity index (χ0v) is 14.9. The summed E-state index contributed by atoms with van der Waals surface area (Å²) in [6, 6.07) is 11.8. The molecule has 2 aromatic carbocycles. The predicted molar refractivity (Wildman–Crippen MR) is 90.4 cm³/mol. The molecule has 23 heavy (non-hydrogen) atoms. The molecular formula is C16H16BrNO4S. The number of hydrogen-bond acceptors (Lipinski definition) is 4. The van der Waals surface area contributed by atoms with Gasteiger partial charge in [0.15, 0.2) is 11.5 Å². The lowest BCUT2D eigenvalue weighted by Gasteiger charge is -2.27. The van der Waals surface area contributed by atoms with Gasteiger partial charge in [0.25, 0.3) is 0 Å². The molecule has 0 amide bonds. The summed E-state index contributed by atoms with van der Waals surface area (Å²) in [7, 11) is -1.99. The van der Waals surface area contributed by atoms with Crippen molar-refractivity contribution in [1.29, 1.82) is 0 Å². The second kappa shape index (κ2) is 6.51. The monoisotopic (exact) mass is 397 g/mol. The lowest BCUT2D eigenvalue weighted by atomic mass is 10.0. The van der Waals surface area contributed by atoms with Gasteiger partial charge in [-0.25, -0.2) is 13.1 Å². The summed E-state index contributed by atoms with van der Waals surface area (Å²) in [5, 5.41) is 0. The normalized spacial score (nSPS) is 17.2. The van der Waals surface area contributed by atoms with E-state index < -0.39 is 10.0 Å². The van der Waals surface area contributed by atoms with Crippen LogP contribution >= 0.6 is 15.9 Å². The predicted octanol–water partition coefficient (Wildman–Crippen LogP) is 2.74. The third-order valence-corrected chi connectivity index (χ3v) is 5.69. The number of fused-ring (bicyclic) bond motifs is 1. The van der Waals surface area contributed by atoms with Crippen LogP contribution in [-0.2, 0) is 16.4 Å². The van der Waals surface area contributed by atoms with Crippen molar-refractivity contribution in [3.05, 3.63) is 52.5 Å². The minimum absolute atomic E-state index is 0.233. The minimum atomic E-state index is -3.58. The first-order valence-electron chi connectivity index (χ1n) is 7.06. The molecule has 0 saturated heterocycles. The van der Waals surface area contributed by atoms with Gasteiger partial charge in [0, 0.05) is 4.47 Å². The van der Waals surface area contributed by atoms with Gasteiger partial charge in [-0.1, -0.05) is 28.1 Å². The van der Waals surface area contributed by atoms with Gasteiger partial charge in [0.1, 0.15) is 6.61 Å². The van der Waals surface area contributed by atoms with E-state index in [9.17, 15) is 8.42 Å². The highest BCUT2D eigenvalue weighted by Crippen LogP contribution is 2.34. The Bertz CT molecular complexity index is 805. The topological polar surface area (TPSA) is 64.6 Å². The van der Waals surface area contributed by atoms with Gasteiger partial charge in [-0.15, -0.1) is 0 Å². The van der Waals surface area contributed by atoms with Gasteiger partial charge in [0.05, 0.1) is 18.0 Å². The second-order valence-electron chi connectivity index (χ2n) is 5.24. The van der Waals surface area contributed by atoms with Crippen molar-refractivity contribution < 1.29 is 17.9 Å². The summed E-state index contributed by atoms with van der Waals surface area (Å²) in [5.74, 6) is 1.35. The lowest BCUT2D eigenvalue weighted by Crippen LogP contribution is -2.42. The molecule has 0 spiro atoms. The summed E-state index contributed by atoms with van der Waals surface area (Å²) in [6.45, 7) is 0.267. The summed E-state index contributed by atoms with van der Waals surface area (Å²) in [5.41, 5.74) is 0.930. The van der Waals surface area contributed by atoms with Crippen LogP contribution in [0.2, 0.25) is 0 Å². The van der Waals surface area contributed by atoms with Crippen molar-refractivity contribution in [2.75, 3.05) is 13.7 Å². The van der Waals surface area contributed by atoms with E-state index in [0.717, 1.165) is 10.0 Å². The van der Waals surface area contributed by atoms with Crippen molar-refractivity contribution >= 4 is 26.0 Å². The van der Waals surface area contributed by atoms with Crippen molar-refractivity contribution in [1.82, 2.24) is 4.72 Å². The van der Waals surface area contributed by atoms with Gasteiger partial charge in [0.2, 0.25) is 10.0 Å². The van der Waals surface area contributed by atoms with Crippen LogP contribution in [0.5, 0.6) is 11.5 Å². The Morgan fingerprint density at radius 1 is 1.22 bits per heavy atom. The fraction of sp³-hybridized carbons (Fsp3) is 0.250. The van der Waals surface area contributed by atoms with E-state index in [1.165, 1.54) is 0 Å². The first-order chi connectivity index (χ1) is 11.0. The number of rotatable bonds is 4. The Morgan fingerprint density at radius 2 is 1.96 bits per heavy atom. The van der Waals surface area contributed by atoms with Crippen molar-refractivity contribution in [3.63, 3.8) is 0 Å². The summed E-state index contributed by atoms with van der Waals surface area (Å²) >= 11 is 3.30. The molecule has 1 N–H and O–H groups in total. The van der Waals surface area contributed by atoms with E-state index in [0.29, 0.717) is 17.9 Å². The minimum Gasteiger partial charge on any atom is -0.493 e. The molecule has 1 heterocycles. The number of para-hydroxylation sites is 1. The zero-order valence-electron chi connectivity index (χ0n) is 12.5. The molecule has 5 nitrogen and oxygen atoms in total. The maximum Gasteiger partial charge on any atom is 0.240 e. The lowest BCUT2D eigenvalue weighted by molar-refractivity contribution is 0.240. The largest absolute Gasteiger partial charge is 0.493 e. The molecule has 1 atom stereocenters. The van der Waals surface area contributed by atoms with Crippen LogP contribution in [-0.4, -0.2) is 28.2 Å². The molecule has 122 valence electrons. The molecule has 0 fully saturated rings. The van der Waals surface area contributed by atoms with Crippen LogP contribution in [0.3, 0.4) is 0 Å². The Kier molecular flexibility index (Phi) is 4.61. The highest BCUT2D eigenvalue weighted by molar-refractivity contribution is 9.10. The molecule has 1 aliphatic rings. The molecule has 0 aliphatic carbocycles. The van der Waals surface area contributed by atoms with Crippen molar-refractivity contribution in [2.24, 2.45) is 0 Å². The van der Waals surface area contributed by atoms with Gasteiger partial charge in [-0.05, 0) is 42.3 Å². The average Bonchev–Trinajstić information content (AvgIpc) is 2.54. The molecule has 2 aromatic rings. The average molecular weight is 398 g/mol. The number of ether oxygens (including phenoxy) is 2. The maximum absolute atomic E-state index is 12.4. The number of methoxy groups -OCH3 is 1. The highest BCUT2D eigenvalue weighted by atomic mass is 79.9. The second-order valence-corrected chi connectivity index (χ2v) is 7.87. The van der Waals surface area contributed by atoms with E-state index in [-0.39, 0.29) is 17.5 Å². The van der Waals surface area contributed by atoms with E-state index in [1.54, 1.807) is 31.4 Å². The highest BCUT2D eigenvalue weighted by Gasteiger charge is 2.27. The van der Waals surface area contributed by atoms with Crippen molar-refractivity contribution in [2.45, 2.75) is 17.4 Å². The maximum atomic E-state index is 12.4. The van der Waals surface area contributed by atoms with Crippen LogP contribution in [0.4, 0.5) is 0 Å². The Hall–Kier alpha value is -1.57. The molecule has 1 aliphatic heterocycles. The molecule has 7 heteroatoms. The SMILES string of the molecule is COc1cccc2c1OCC(NS(=O)(=O)c1ccc(Br)cc1)C2. The van der Waals surface area contributed by atoms with Crippen LogP contribution in [0.15, 0.2) is 51.8 Å². The molecular weight excluding hydrogens is 382 g/mol. The summed E-state index contributed by atoms with van der Waals surface area (Å²) < 4.78 is 39.4. The van der Waals surface area contributed by atoms with E-state index in [1.807, 2.05) is 18.2 Å². The zero-order chi connectivity index (χ0) is 16.4. The number of hydrogen-bond donors (Lipinski definition) is 1. The van der Waals surface area contributed by atoms with Gasteiger partial charge in [-0.3, -0.25) is 0 Å². The van der Waals surface area contributed by atoms with Crippen LogP contribution < -0.4 is 14.2 Å². The quantitative estimate of drug-likeness (QED) is 0.861.